The minimum atomic E-state index is -4.88. The molecule has 3 aromatic rings. The Labute approximate surface area is 155 Å². The highest BCUT2D eigenvalue weighted by Crippen LogP contribution is 2.28. The Balaban J connectivity index is 2.13. The van der Waals surface area contributed by atoms with Gasteiger partial charge in [-0.25, -0.2) is 14.3 Å². The van der Waals surface area contributed by atoms with E-state index in [0.29, 0.717) is 10.3 Å². The zero-order valence-electron chi connectivity index (χ0n) is 14.2. The van der Waals surface area contributed by atoms with Gasteiger partial charge in [-0.1, -0.05) is 18.2 Å². The Hall–Kier alpha value is -3.87. The van der Waals surface area contributed by atoms with E-state index in [1.807, 2.05) is 6.07 Å². The first-order chi connectivity index (χ1) is 13.2. The fourth-order valence-corrected chi connectivity index (χ4v) is 2.40. The number of nitrogens with one attached hydrogen (secondary N) is 1. The maximum Gasteiger partial charge on any atom is 0.431 e. The van der Waals surface area contributed by atoms with Crippen LogP contribution in [0.1, 0.15) is 17.0 Å². The Bertz CT molecular complexity index is 1170. The van der Waals surface area contributed by atoms with E-state index in [2.05, 4.69) is 4.98 Å². The fourth-order valence-electron chi connectivity index (χ4n) is 2.40. The van der Waals surface area contributed by atoms with Gasteiger partial charge in [-0.3, -0.25) is 4.79 Å². The summed E-state index contributed by atoms with van der Waals surface area (Å²) >= 11 is 0. The van der Waals surface area contributed by atoms with Gasteiger partial charge in [-0.05, 0) is 18.6 Å². The van der Waals surface area contributed by atoms with Crippen LogP contribution in [0.5, 0.6) is 11.5 Å². The number of aryl methyl sites for hydroxylation is 1. The Morgan fingerprint density at radius 3 is 2.50 bits per heavy atom. The number of nitrogens with zero attached hydrogens (tertiary/aromatic N) is 3. The molecule has 10 heteroatoms. The van der Waals surface area contributed by atoms with Crippen LogP contribution in [0.4, 0.5) is 13.2 Å². The zero-order valence-corrected chi connectivity index (χ0v) is 14.2. The summed E-state index contributed by atoms with van der Waals surface area (Å²) in [6, 6.07) is 10.2. The first kappa shape index (κ1) is 18.9. The maximum absolute atomic E-state index is 12.7. The average molecular weight is 388 g/mol. The summed E-state index contributed by atoms with van der Waals surface area (Å²) in [6.45, 7) is 1.77. The number of hydrogen-bond acceptors (Lipinski definition) is 5. The van der Waals surface area contributed by atoms with E-state index < -0.39 is 23.1 Å². The average Bonchev–Trinajstić information content (AvgIpc) is 2.62. The zero-order chi connectivity index (χ0) is 20.5. The van der Waals surface area contributed by atoms with Gasteiger partial charge in [-0.15, -0.1) is 0 Å². The number of pyridine rings is 1. The minimum absolute atomic E-state index is 0.0551. The van der Waals surface area contributed by atoms with Crippen LogP contribution in [0, 0.1) is 18.3 Å². The highest BCUT2D eigenvalue weighted by atomic mass is 19.4. The highest BCUT2D eigenvalue weighted by molar-refractivity contribution is 5.48. The number of halogens is 3. The van der Waals surface area contributed by atoms with Crippen LogP contribution in [-0.2, 0) is 6.18 Å². The lowest BCUT2D eigenvalue weighted by Crippen LogP contribution is -2.35. The second kappa shape index (κ2) is 7.03. The van der Waals surface area contributed by atoms with Gasteiger partial charge in [0.2, 0.25) is 0 Å². The van der Waals surface area contributed by atoms with Crippen LogP contribution in [0.15, 0.2) is 52.2 Å². The van der Waals surface area contributed by atoms with Crippen molar-refractivity contribution in [2.75, 3.05) is 0 Å². The van der Waals surface area contributed by atoms with E-state index in [1.165, 1.54) is 6.07 Å². The topological polar surface area (TPSA) is 101 Å². The van der Waals surface area contributed by atoms with Gasteiger partial charge < -0.3 is 9.72 Å². The third kappa shape index (κ3) is 3.64. The number of H-pyrrole nitrogens is 1. The molecule has 3 rings (SSSR count). The Morgan fingerprint density at radius 2 is 1.89 bits per heavy atom. The van der Waals surface area contributed by atoms with E-state index in [0.717, 1.165) is 11.8 Å². The summed E-state index contributed by atoms with van der Waals surface area (Å²) in [7, 11) is 0. The number of benzene rings is 1. The molecule has 1 N–H and O–H groups in total. The quantitative estimate of drug-likeness (QED) is 0.744. The minimum Gasteiger partial charge on any atom is -0.454 e. The van der Waals surface area contributed by atoms with Crippen LogP contribution in [0.25, 0.3) is 5.69 Å². The normalized spacial score (nSPS) is 11.1. The highest BCUT2D eigenvalue weighted by Gasteiger charge is 2.33. The second-order valence-corrected chi connectivity index (χ2v) is 5.68. The van der Waals surface area contributed by atoms with Crippen LogP contribution < -0.4 is 16.0 Å². The van der Waals surface area contributed by atoms with Crippen LogP contribution in [0.2, 0.25) is 0 Å². The largest absolute Gasteiger partial charge is 0.454 e. The molecule has 0 unspecified atom stereocenters. The third-order valence-electron chi connectivity index (χ3n) is 3.75. The molecule has 0 spiro atoms. The molecule has 28 heavy (non-hydrogen) atoms. The van der Waals surface area contributed by atoms with Crippen molar-refractivity contribution in [3.05, 3.63) is 80.4 Å². The number of hydrogen-bond donors (Lipinski definition) is 1. The van der Waals surface area contributed by atoms with Gasteiger partial charge in [0.25, 0.3) is 5.56 Å². The summed E-state index contributed by atoms with van der Waals surface area (Å²) < 4.78 is 44.3. The standard InChI is InChI=1S/C18H11F3N4O3/c1-10-4-2-3-5-13(10)28-14-6-11(9-23-12(14)8-22)25-16(26)7-15(18(19,20)21)24-17(25)27/h2-7,9H,1H3,(H,24,27). The predicted molar refractivity (Wildman–Crippen MR) is 91.4 cm³/mol. The van der Waals surface area contributed by atoms with Gasteiger partial charge >= 0.3 is 11.9 Å². The summed E-state index contributed by atoms with van der Waals surface area (Å²) in [6.07, 6.45) is -3.85. The van der Waals surface area contributed by atoms with Crippen LogP contribution in [-0.4, -0.2) is 14.5 Å². The fraction of sp³-hybridized carbons (Fsp3) is 0.111. The number of aromatic nitrogens is 3. The molecule has 0 aliphatic heterocycles. The van der Waals surface area contributed by atoms with Gasteiger partial charge in [0.15, 0.2) is 11.4 Å². The monoisotopic (exact) mass is 388 g/mol. The number of nitriles is 1. The number of para-hydroxylation sites is 1. The molecular formula is C18H11F3N4O3. The smallest absolute Gasteiger partial charge is 0.431 e. The lowest BCUT2D eigenvalue weighted by Gasteiger charge is -2.12. The Morgan fingerprint density at radius 1 is 1.18 bits per heavy atom. The van der Waals surface area contributed by atoms with E-state index in [9.17, 15) is 28.0 Å². The number of ether oxygens (including phenoxy) is 1. The summed E-state index contributed by atoms with van der Waals surface area (Å²) in [5.41, 5.74) is -3.48. The molecule has 1 aromatic carbocycles. The number of rotatable bonds is 3. The predicted octanol–water partition coefficient (Wildman–Crippen LogP) is 2.91. The molecule has 0 amide bonds. The van der Waals surface area contributed by atoms with Crippen LogP contribution >= 0.6 is 0 Å². The Kier molecular flexibility index (Phi) is 4.75. The lowest BCUT2D eigenvalue weighted by atomic mass is 10.2. The first-order valence-electron chi connectivity index (χ1n) is 7.78. The SMILES string of the molecule is Cc1ccccc1Oc1cc(-n2c(=O)cc(C(F)(F)F)[nH]c2=O)cnc1C#N. The molecule has 2 heterocycles. The van der Waals surface area contributed by atoms with E-state index in [4.69, 9.17) is 4.74 Å². The molecule has 0 fully saturated rings. The van der Waals surface area contributed by atoms with E-state index in [-0.39, 0.29) is 23.2 Å². The van der Waals surface area contributed by atoms with Crippen molar-refractivity contribution in [1.29, 1.82) is 5.26 Å². The molecule has 7 nitrogen and oxygen atoms in total. The van der Waals surface area contributed by atoms with Crippen molar-refractivity contribution >= 4 is 0 Å². The first-order valence-corrected chi connectivity index (χ1v) is 7.78. The molecule has 0 atom stereocenters. The van der Waals surface area contributed by atoms with Crippen molar-refractivity contribution in [1.82, 2.24) is 14.5 Å². The molecule has 0 bridgehead atoms. The van der Waals surface area contributed by atoms with Gasteiger partial charge in [0.05, 0.1) is 11.9 Å². The van der Waals surface area contributed by atoms with Crippen molar-refractivity contribution in [3.8, 4) is 23.3 Å². The van der Waals surface area contributed by atoms with Crippen molar-refractivity contribution in [2.45, 2.75) is 13.1 Å². The van der Waals surface area contributed by atoms with Crippen molar-refractivity contribution in [3.63, 3.8) is 0 Å². The van der Waals surface area contributed by atoms with Gasteiger partial charge in [0, 0.05) is 12.1 Å². The molecule has 0 aliphatic carbocycles. The lowest BCUT2D eigenvalue weighted by molar-refractivity contribution is -0.141. The number of alkyl halides is 3. The molecule has 0 saturated heterocycles. The number of aromatic amines is 1. The summed E-state index contributed by atoms with van der Waals surface area (Å²) in [5.74, 6) is 0.354. The molecule has 2 aromatic heterocycles. The molecule has 142 valence electrons. The summed E-state index contributed by atoms with van der Waals surface area (Å²) in [4.78, 5) is 29.6. The van der Waals surface area contributed by atoms with Gasteiger partial charge in [-0.2, -0.15) is 18.4 Å². The third-order valence-corrected chi connectivity index (χ3v) is 3.75. The maximum atomic E-state index is 12.7. The second-order valence-electron chi connectivity index (χ2n) is 5.68. The molecule has 0 aliphatic rings. The summed E-state index contributed by atoms with van der Waals surface area (Å²) in [5, 5.41) is 9.21. The van der Waals surface area contributed by atoms with E-state index in [1.54, 1.807) is 36.2 Å². The van der Waals surface area contributed by atoms with E-state index >= 15 is 0 Å². The van der Waals surface area contributed by atoms with Gasteiger partial charge in [0.1, 0.15) is 17.5 Å². The van der Waals surface area contributed by atoms with Crippen molar-refractivity contribution in [2.24, 2.45) is 0 Å². The molecular weight excluding hydrogens is 377 g/mol. The molecule has 0 saturated carbocycles. The van der Waals surface area contributed by atoms with Crippen LogP contribution in [0.3, 0.4) is 0 Å². The van der Waals surface area contributed by atoms with Crippen molar-refractivity contribution < 1.29 is 17.9 Å². The molecule has 0 radical (unpaired) electrons.